The molecule has 8 heteroatoms. The lowest BCUT2D eigenvalue weighted by Crippen LogP contribution is -2.40. The van der Waals surface area contributed by atoms with Crippen molar-refractivity contribution in [1.82, 2.24) is 4.57 Å². The van der Waals surface area contributed by atoms with Gasteiger partial charge in [0.2, 0.25) is 0 Å². The van der Waals surface area contributed by atoms with Crippen molar-refractivity contribution in [1.29, 1.82) is 0 Å². The van der Waals surface area contributed by atoms with Crippen molar-refractivity contribution in [3.63, 3.8) is 0 Å². The molecule has 0 bridgehead atoms. The second-order valence-corrected chi connectivity index (χ2v) is 9.46. The molecule has 2 aromatic carbocycles. The van der Waals surface area contributed by atoms with Gasteiger partial charge >= 0.3 is 0 Å². The fourth-order valence-corrected chi connectivity index (χ4v) is 5.63. The number of thiazole rings is 1. The second-order valence-electron chi connectivity index (χ2n) is 7.47. The van der Waals surface area contributed by atoms with Gasteiger partial charge < -0.3 is 5.32 Å². The third-order valence-corrected chi connectivity index (χ3v) is 7.19. The van der Waals surface area contributed by atoms with Crippen LogP contribution in [0.25, 0.3) is 6.08 Å². The number of nitrogens with zero attached hydrogens (tertiary/aromatic N) is 2. The number of thiophene rings is 1. The molecule has 5 rings (SSSR count). The molecule has 0 radical (unpaired) electrons. The molecule has 164 valence electrons. The molecule has 1 atom stereocenters. The number of benzene rings is 2. The molecular weight excluding hydrogens is 457 g/mol. The number of fused-ring (bicyclic) bond motifs is 1. The van der Waals surface area contributed by atoms with Crippen molar-refractivity contribution in [2.75, 3.05) is 5.32 Å². The summed E-state index contributed by atoms with van der Waals surface area (Å²) in [5.74, 6) is -0.635. The minimum Gasteiger partial charge on any atom is -0.322 e. The van der Waals surface area contributed by atoms with Gasteiger partial charge in [0.15, 0.2) is 4.80 Å². The van der Waals surface area contributed by atoms with Gasteiger partial charge in [0.05, 0.1) is 15.8 Å². The second kappa shape index (κ2) is 8.73. The number of nitrogens with one attached hydrogen (secondary N) is 1. The number of aromatic nitrogens is 1. The maximum atomic E-state index is 13.5. The van der Waals surface area contributed by atoms with Gasteiger partial charge in [-0.05, 0) is 54.3 Å². The van der Waals surface area contributed by atoms with Crippen LogP contribution in [0.2, 0.25) is 0 Å². The van der Waals surface area contributed by atoms with E-state index in [9.17, 15) is 14.0 Å². The molecule has 0 saturated heterocycles. The number of anilines is 1. The van der Waals surface area contributed by atoms with Crippen LogP contribution in [-0.4, -0.2) is 10.5 Å². The first-order chi connectivity index (χ1) is 16.0. The molecule has 1 aliphatic heterocycles. The highest BCUT2D eigenvalue weighted by molar-refractivity contribution is 7.10. The maximum Gasteiger partial charge on any atom is 0.271 e. The van der Waals surface area contributed by atoms with E-state index in [0.717, 1.165) is 4.88 Å². The molecule has 0 unspecified atom stereocenters. The largest absolute Gasteiger partial charge is 0.322 e. The summed E-state index contributed by atoms with van der Waals surface area (Å²) in [7, 11) is 0. The predicted octanol–water partition coefficient (Wildman–Crippen LogP) is 4.07. The minimum absolute atomic E-state index is 0.237. The zero-order chi connectivity index (χ0) is 22.9. The Morgan fingerprint density at radius 1 is 1.09 bits per heavy atom. The van der Waals surface area contributed by atoms with Crippen LogP contribution in [-0.2, 0) is 4.79 Å². The quantitative estimate of drug-likeness (QED) is 0.484. The molecule has 3 heterocycles. The predicted molar refractivity (Wildman–Crippen MR) is 130 cm³/mol. The topological polar surface area (TPSA) is 63.5 Å². The first kappa shape index (κ1) is 21.2. The fourth-order valence-electron chi connectivity index (χ4n) is 3.76. The van der Waals surface area contributed by atoms with E-state index in [1.165, 1.54) is 34.8 Å². The summed E-state index contributed by atoms with van der Waals surface area (Å²) in [5.41, 5.74) is 2.14. The third-order valence-electron chi connectivity index (χ3n) is 5.28. The third kappa shape index (κ3) is 4.10. The van der Waals surface area contributed by atoms with Gasteiger partial charge in [-0.2, -0.15) is 0 Å². The highest BCUT2D eigenvalue weighted by Gasteiger charge is 2.33. The Kier molecular flexibility index (Phi) is 5.62. The highest BCUT2D eigenvalue weighted by atomic mass is 32.1. The number of halogens is 1. The van der Waals surface area contributed by atoms with Crippen LogP contribution in [0, 0.1) is 5.82 Å². The van der Waals surface area contributed by atoms with E-state index in [1.807, 2.05) is 47.8 Å². The van der Waals surface area contributed by atoms with E-state index in [1.54, 1.807) is 29.7 Å². The molecule has 1 amide bonds. The standard InChI is InChI=1S/C25H18FN3O2S2/c1-15-21(23(30)28-18-6-3-2-4-7-18)22(19-8-5-13-32-19)29-24(31)20(33-25(29)27-15)14-16-9-11-17(26)12-10-16/h2-14,22H,1H3,(H,28,30)/b20-14+/t22-/m0/s1. The fraction of sp³-hybridized carbons (Fsp3) is 0.0800. The van der Waals surface area contributed by atoms with Gasteiger partial charge in [-0.3, -0.25) is 14.2 Å². The Morgan fingerprint density at radius 2 is 1.85 bits per heavy atom. The molecule has 0 spiro atoms. The van der Waals surface area contributed by atoms with E-state index in [0.29, 0.717) is 31.9 Å². The Morgan fingerprint density at radius 3 is 2.55 bits per heavy atom. The van der Waals surface area contributed by atoms with Gasteiger partial charge in [-0.15, -0.1) is 11.3 Å². The van der Waals surface area contributed by atoms with Crippen LogP contribution >= 0.6 is 22.7 Å². The number of carbonyl (C=O) groups is 1. The number of amides is 1. The van der Waals surface area contributed by atoms with Gasteiger partial charge in [0.25, 0.3) is 11.5 Å². The maximum absolute atomic E-state index is 13.5. The van der Waals surface area contributed by atoms with Crippen molar-refractivity contribution in [2.45, 2.75) is 13.0 Å². The summed E-state index contributed by atoms with van der Waals surface area (Å²) in [5, 5.41) is 4.85. The Balaban J connectivity index is 1.65. The molecule has 0 fully saturated rings. The monoisotopic (exact) mass is 475 g/mol. The number of rotatable bonds is 4. The lowest BCUT2D eigenvalue weighted by Gasteiger charge is -2.24. The van der Waals surface area contributed by atoms with E-state index in [2.05, 4.69) is 10.3 Å². The van der Waals surface area contributed by atoms with Gasteiger partial charge in [-0.1, -0.05) is 47.7 Å². The van der Waals surface area contributed by atoms with Crippen LogP contribution in [0.5, 0.6) is 0 Å². The normalized spacial score (nSPS) is 15.8. The number of para-hydroxylation sites is 1. The average molecular weight is 476 g/mol. The minimum atomic E-state index is -0.583. The summed E-state index contributed by atoms with van der Waals surface area (Å²) in [6.45, 7) is 1.79. The first-order valence-electron chi connectivity index (χ1n) is 10.2. The van der Waals surface area contributed by atoms with E-state index < -0.39 is 6.04 Å². The Bertz CT molecular complexity index is 1530. The zero-order valence-electron chi connectivity index (χ0n) is 17.5. The Labute approximate surface area is 196 Å². The molecule has 33 heavy (non-hydrogen) atoms. The number of carbonyl (C=O) groups excluding carboxylic acids is 1. The van der Waals surface area contributed by atoms with Gasteiger partial charge in [-0.25, -0.2) is 9.38 Å². The van der Waals surface area contributed by atoms with E-state index in [-0.39, 0.29) is 17.3 Å². The van der Waals surface area contributed by atoms with Crippen molar-refractivity contribution < 1.29 is 9.18 Å². The summed E-state index contributed by atoms with van der Waals surface area (Å²) in [6, 6.07) is 18.4. The summed E-state index contributed by atoms with van der Waals surface area (Å²) in [6.07, 6.45) is 1.72. The van der Waals surface area contributed by atoms with Crippen LogP contribution in [0.1, 0.15) is 23.4 Å². The lowest BCUT2D eigenvalue weighted by atomic mass is 10.0. The number of hydrogen-bond acceptors (Lipinski definition) is 5. The molecule has 0 saturated carbocycles. The summed E-state index contributed by atoms with van der Waals surface area (Å²) >= 11 is 2.74. The highest BCUT2D eigenvalue weighted by Crippen LogP contribution is 2.33. The summed E-state index contributed by atoms with van der Waals surface area (Å²) < 4.78 is 15.3. The van der Waals surface area contributed by atoms with Crippen LogP contribution in [0.15, 0.2) is 93.2 Å². The van der Waals surface area contributed by atoms with Crippen molar-refractivity contribution in [3.8, 4) is 0 Å². The smallest absolute Gasteiger partial charge is 0.271 e. The molecule has 5 nitrogen and oxygen atoms in total. The molecule has 1 aliphatic rings. The molecule has 1 N–H and O–H groups in total. The van der Waals surface area contributed by atoms with E-state index in [4.69, 9.17) is 0 Å². The van der Waals surface area contributed by atoms with Crippen molar-refractivity contribution >= 4 is 40.3 Å². The van der Waals surface area contributed by atoms with Crippen LogP contribution < -0.4 is 20.2 Å². The molecular formula is C25H18FN3O2S2. The summed E-state index contributed by atoms with van der Waals surface area (Å²) in [4.78, 5) is 32.8. The van der Waals surface area contributed by atoms with Crippen molar-refractivity contribution in [2.24, 2.45) is 4.99 Å². The van der Waals surface area contributed by atoms with Gasteiger partial charge in [0.1, 0.15) is 11.9 Å². The SMILES string of the molecule is CC1=C(C(=O)Nc2ccccc2)[C@H](c2cccs2)n2c(s/c(=C/c3ccc(F)cc3)c2=O)=N1. The Hall–Kier alpha value is -3.62. The molecule has 2 aromatic heterocycles. The van der Waals surface area contributed by atoms with Crippen molar-refractivity contribution in [3.05, 3.63) is 119 Å². The number of allylic oxidation sites excluding steroid dienone is 1. The zero-order valence-corrected chi connectivity index (χ0v) is 19.1. The number of hydrogen-bond donors (Lipinski definition) is 1. The average Bonchev–Trinajstić information content (AvgIpc) is 3.44. The molecule has 4 aromatic rings. The lowest BCUT2D eigenvalue weighted by molar-refractivity contribution is -0.113. The molecule has 0 aliphatic carbocycles. The van der Waals surface area contributed by atoms with Crippen LogP contribution in [0.3, 0.4) is 0 Å². The first-order valence-corrected chi connectivity index (χ1v) is 11.9. The van der Waals surface area contributed by atoms with Gasteiger partial charge in [0, 0.05) is 10.6 Å². The van der Waals surface area contributed by atoms with E-state index >= 15 is 0 Å². The van der Waals surface area contributed by atoms with Crippen LogP contribution in [0.4, 0.5) is 10.1 Å².